The minimum atomic E-state index is -4.86. The average Bonchev–Trinajstić information content (AvgIpc) is 3.39. The van der Waals surface area contributed by atoms with Crippen LogP contribution in [0.15, 0.2) is 109 Å². The Morgan fingerprint density at radius 1 is 0.927 bits per heavy atom. The molecule has 0 heterocycles. The topological polar surface area (TPSA) is 104 Å². The van der Waals surface area contributed by atoms with Gasteiger partial charge in [0.05, 0.1) is 18.0 Å². The number of aliphatic hydroxyl groups is 2. The molecule has 2 N–H and O–H groups in total. The number of carbonyl (C=O) groups is 1. The number of sulfonamides is 1. The highest BCUT2D eigenvalue weighted by molar-refractivity contribution is 7.88. The van der Waals surface area contributed by atoms with Gasteiger partial charge in [0, 0.05) is 29.6 Å². The molecule has 0 unspecified atom stereocenters. The molecule has 292 valence electrons. The van der Waals surface area contributed by atoms with Crippen molar-refractivity contribution in [2.24, 2.45) is 5.41 Å². The second-order valence-corrected chi connectivity index (χ2v) is 17.4. The van der Waals surface area contributed by atoms with Crippen molar-refractivity contribution < 1.29 is 41.3 Å². The van der Waals surface area contributed by atoms with Crippen LogP contribution in [0.5, 0.6) is 5.75 Å². The lowest BCUT2D eigenvalue weighted by atomic mass is 9.64. The predicted molar refractivity (Wildman–Crippen MR) is 207 cm³/mol. The third-order valence-corrected chi connectivity index (χ3v) is 12.8. The lowest BCUT2D eigenvalue weighted by molar-refractivity contribution is -0.274. The standard InChI is InChI=1S/C44H48F3NO6S/c1-30-8-7-24-42(2)40(23-25-43(42,51)29-48(55(3,52)53)28-31-12-20-37(21-13-31)54-44(45,46)47)38-22-14-32(26-36(49)19-11-30)27-39(38)41(50)35-17-15-34(16-18-35)33-9-5-4-6-10-33/h4-6,8-10,12-18,20-22,27,36,40,49,51H,7,11,19,23-26,28-29H2,1-3H3/t36-,40-,42-,43+/m0/s1. The van der Waals surface area contributed by atoms with Crippen molar-refractivity contribution in [1.29, 1.82) is 0 Å². The second kappa shape index (κ2) is 16.1. The first kappa shape index (κ1) is 40.4. The van der Waals surface area contributed by atoms with E-state index in [1.54, 1.807) is 0 Å². The molecule has 0 aromatic heterocycles. The summed E-state index contributed by atoms with van der Waals surface area (Å²) in [5.41, 5.74) is 3.67. The molecule has 4 aromatic carbocycles. The number of halogens is 3. The Hall–Kier alpha value is -4.29. The number of rotatable bonds is 9. The zero-order valence-corrected chi connectivity index (χ0v) is 32.2. The van der Waals surface area contributed by atoms with Crippen LogP contribution in [-0.4, -0.2) is 59.6 Å². The van der Waals surface area contributed by atoms with E-state index in [-0.39, 0.29) is 31.2 Å². The average molecular weight is 776 g/mol. The van der Waals surface area contributed by atoms with Gasteiger partial charge >= 0.3 is 6.36 Å². The number of fused-ring (bicyclic) bond motifs is 8. The summed E-state index contributed by atoms with van der Waals surface area (Å²) in [6.45, 7) is 3.57. The molecule has 0 spiro atoms. The van der Waals surface area contributed by atoms with E-state index in [2.05, 4.69) is 10.8 Å². The van der Waals surface area contributed by atoms with E-state index in [0.29, 0.717) is 55.2 Å². The number of nitrogens with zero attached hydrogens (tertiary/aromatic N) is 1. The largest absolute Gasteiger partial charge is 0.573 e. The molecular formula is C44H48F3NO6S. The van der Waals surface area contributed by atoms with Crippen LogP contribution in [0.3, 0.4) is 0 Å². The van der Waals surface area contributed by atoms with E-state index < -0.39 is 39.3 Å². The van der Waals surface area contributed by atoms with Crippen LogP contribution in [-0.2, 0) is 23.0 Å². The minimum absolute atomic E-state index is 0.174. The maximum atomic E-state index is 14.5. The van der Waals surface area contributed by atoms with Gasteiger partial charge in [0.1, 0.15) is 5.75 Å². The van der Waals surface area contributed by atoms with Gasteiger partial charge in [0.25, 0.3) is 0 Å². The fraction of sp³-hybridized carbons (Fsp3) is 0.386. The quantitative estimate of drug-likeness (QED) is 0.130. The summed E-state index contributed by atoms with van der Waals surface area (Å²) in [7, 11) is -3.91. The molecule has 0 aliphatic heterocycles. The molecule has 55 heavy (non-hydrogen) atoms. The first-order valence-electron chi connectivity index (χ1n) is 18.6. The molecule has 2 bridgehead atoms. The summed E-state index contributed by atoms with van der Waals surface area (Å²) in [6.07, 6.45) is 1.10. The van der Waals surface area contributed by atoms with E-state index in [0.717, 1.165) is 46.2 Å². The van der Waals surface area contributed by atoms with E-state index in [4.69, 9.17) is 0 Å². The fourth-order valence-corrected chi connectivity index (χ4v) is 9.21. The van der Waals surface area contributed by atoms with Crippen molar-refractivity contribution in [2.75, 3.05) is 12.8 Å². The third kappa shape index (κ3) is 9.40. The van der Waals surface area contributed by atoms with Gasteiger partial charge in [-0.25, -0.2) is 8.42 Å². The van der Waals surface area contributed by atoms with Gasteiger partial charge < -0.3 is 14.9 Å². The van der Waals surface area contributed by atoms with E-state index >= 15 is 0 Å². The van der Waals surface area contributed by atoms with Crippen LogP contribution >= 0.6 is 0 Å². The van der Waals surface area contributed by atoms with E-state index in [1.165, 1.54) is 16.4 Å². The summed E-state index contributed by atoms with van der Waals surface area (Å²) in [5, 5.41) is 23.8. The number of hydrogen-bond acceptors (Lipinski definition) is 6. The molecule has 11 heteroatoms. The van der Waals surface area contributed by atoms with Crippen LogP contribution in [0, 0.1) is 5.41 Å². The first-order valence-corrected chi connectivity index (χ1v) is 20.5. The summed E-state index contributed by atoms with van der Waals surface area (Å²) < 4.78 is 70.1. The van der Waals surface area contributed by atoms with Crippen LogP contribution in [0.4, 0.5) is 13.2 Å². The summed E-state index contributed by atoms with van der Waals surface area (Å²) in [6, 6.07) is 28.1. The van der Waals surface area contributed by atoms with Crippen molar-refractivity contribution in [2.45, 2.75) is 89.3 Å². The number of benzene rings is 4. The molecule has 4 aromatic rings. The summed E-state index contributed by atoms with van der Waals surface area (Å²) in [4.78, 5) is 14.5. The van der Waals surface area contributed by atoms with Crippen molar-refractivity contribution in [3.63, 3.8) is 0 Å². The van der Waals surface area contributed by atoms with Crippen molar-refractivity contribution in [1.82, 2.24) is 4.31 Å². The molecule has 7 rings (SSSR count). The number of carbonyl (C=O) groups excluding carboxylic acids is 1. The normalized spacial score (nSPS) is 23.5. The molecule has 4 atom stereocenters. The van der Waals surface area contributed by atoms with E-state index in [1.807, 2.05) is 86.6 Å². The van der Waals surface area contributed by atoms with Crippen LogP contribution in [0.1, 0.15) is 90.9 Å². The highest BCUT2D eigenvalue weighted by atomic mass is 32.2. The van der Waals surface area contributed by atoms with Crippen LogP contribution < -0.4 is 4.74 Å². The molecule has 3 aliphatic carbocycles. The van der Waals surface area contributed by atoms with Gasteiger partial charge in [-0.2, -0.15) is 4.31 Å². The highest BCUT2D eigenvalue weighted by Crippen LogP contribution is 2.59. The van der Waals surface area contributed by atoms with Crippen LogP contribution in [0.25, 0.3) is 11.1 Å². The monoisotopic (exact) mass is 775 g/mol. The number of hydrogen-bond donors (Lipinski definition) is 2. The Labute approximate surface area is 321 Å². The zero-order chi connectivity index (χ0) is 39.6. The molecule has 1 fully saturated rings. The van der Waals surface area contributed by atoms with Crippen molar-refractivity contribution in [3.8, 4) is 16.9 Å². The molecule has 1 saturated carbocycles. The summed E-state index contributed by atoms with van der Waals surface area (Å²) in [5.74, 6) is -0.939. The Kier molecular flexibility index (Phi) is 11.8. The van der Waals surface area contributed by atoms with Gasteiger partial charge in [-0.3, -0.25) is 4.79 Å². The van der Waals surface area contributed by atoms with Gasteiger partial charge in [0.15, 0.2) is 5.78 Å². The lowest BCUT2D eigenvalue weighted by Crippen LogP contribution is -2.53. The van der Waals surface area contributed by atoms with Gasteiger partial charge in [-0.15, -0.1) is 13.2 Å². The first-order chi connectivity index (χ1) is 25.9. The molecule has 0 amide bonds. The molecule has 0 saturated heterocycles. The Morgan fingerprint density at radius 2 is 1.60 bits per heavy atom. The SMILES string of the molecule is CC1=CCC[C@@]2(C)[C@@H](CC[C@@]2(O)CN(Cc2ccc(OC(F)(F)F)cc2)S(C)(=O)=O)c2ccc(cc2C(=O)c2ccc(-c3ccccc3)cc2)C[C@@H](O)CC1. The van der Waals surface area contributed by atoms with Crippen molar-refractivity contribution >= 4 is 15.8 Å². The Bertz CT molecular complexity index is 2120. The zero-order valence-electron chi connectivity index (χ0n) is 31.4. The van der Waals surface area contributed by atoms with Gasteiger partial charge in [-0.05, 0) is 104 Å². The maximum absolute atomic E-state index is 14.5. The van der Waals surface area contributed by atoms with Gasteiger partial charge in [-0.1, -0.05) is 97.4 Å². The fourth-order valence-electron chi connectivity index (χ4n) is 8.38. The van der Waals surface area contributed by atoms with E-state index in [9.17, 15) is 36.6 Å². The third-order valence-electron chi connectivity index (χ3n) is 11.6. The molecule has 0 radical (unpaired) electrons. The number of aliphatic hydroxyl groups excluding tert-OH is 1. The second-order valence-electron chi connectivity index (χ2n) is 15.4. The number of alkyl halides is 3. The van der Waals surface area contributed by atoms with Crippen molar-refractivity contribution in [3.05, 3.63) is 137 Å². The molecule has 3 aliphatic rings. The Balaban J connectivity index is 1.38. The van der Waals surface area contributed by atoms with Gasteiger partial charge in [0.2, 0.25) is 10.0 Å². The van der Waals surface area contributed by atoms with Crippen LogP contribution in [0.2, 0.25) is 0 Å². The Morgan fingerprint density at radius 3 is 2.25 bits per heavy atom. The summed E-state index contributed by atoms with van der Waals surface area (Å²) >= 11 is 0. The molecular weight excluding hydrogens is 728 g/mol. The number of ketones is 1. The lowest BCUT2D eigenvalue weighted by Gasteiger charge is -2.45. The molecule has 7 nitrogen and oxygen atoms in total. The number of ether oxygens (including phenoxy) is 1. The smallest absolute Gasteiger partial charge is 0.406 e. The maximum Gasteiger partial charge on any atom is 0.573 e. The predicted octanol–water partition coefficient (Wildman–Crippen LogP) is 8.98. The minimum Gasteiger partial charge on any atom is -0.406 e. The number of allylic oxidation sites excluding steroid dienone is 2. The highest BCUT2D eigenvalue weighted by Gasteiger charge is 2.58.